The zero-order valence-electron chi connectivity index (χ0n) is 22.3. The molecule has 39 heavy (non-hydrogen) atoms. The highest BCUT2D eigenvalue weighted by molar-refractivity contribution is 5.79. The lowest BCUT2D eigenvalue weighted by Gasteiger charge is -2.29. The van der Waals surface area contributed by atoms with Gasteiger partial charge in [0, 0.05) is 53.4 Å². The van der Waals surface area contributed by atoms with Crippen LogP contribution >= 0.6 is 0 Å². The summed E-state index contributed by atoms with van der Waals surface area (Å²) >= 11 is 0. The minimum Gasteiger partial charge on any atom is -0.480 e. The van der Waals surface area contributed by atoms with E-state index in [9.17, 15) is 49.5 Å². The summed E-state index contributed by atoms with van der Waals surface area (Å²) in [4.78, 5) is 65.0. The number of carbonyl (C=O) groups is 5. The maximum atomic E-state index is 12.4. The van der Waals surface area contributed by atoms with Gasteiger partial charge in [-0.15, -0.1) is 0 Å². The number of hydrogen-bond acceptors (Lipinski definition) is 12. The third kappa shape index (κ3) is 17.3. The molecule has 7 N–H and O–H groups in total. The Hall–Kier alpha value is -2.93. The molecule has 0 aromatic heterocycles. The van der Waals surface area contributed by atoms with E-state index in [2.05, 4.69) is 0 Å². The van der Waals surface area contributed by atoms with Crippen molar-refractivity contribution in [2.75, 3.05) is 99.3 Å². The van der Waals surface area contributed by atoms with Crippen molar-refractivity contribution < 1.29 is 59.7 Å². The molecule has 0 heterocycles. The summed E-state index contributed by atoms with van der Waals surface area (Å²) in [5.41, 5.74) is 0. The first kappa shape index (κ1) is 36.1. The summed E-state index contributed by atoms with van der Waals surface area (Å²) in [5.74, 6) is -4.73. The lowest BCUT2D eigenvalue weighted by Crippen LogP contribution is -2.48. The number of aliphatic hydroxyl groups excluding tert-OH is 4. The summed E-state index contributed by atoms with van der Waals surface area (Å²) in [5, 5.41) is 64.6. The van der Waals surface area contributed by atoms with Crippen molar-refractivity contribution in [3.8, 4) is 0 Å². The summed E-state index contributed by atoms with van der Waals surface area (Å²) in [6.45, 7) is -3.82. The first-order valence-corrected chi connectivity index (χ1v) is 12.1. The number of aliphatic hydroxyl groups is 4. The second-order valence-corrected chi connectivity index (χ2v) is 9.10. The summed E-state index contributed by atoms with van der Waals surface area (Å²) in [7, 11) is 2.74. The Kier molecular flexibility index (Phi) is 17.7. The molecule has 17 heteroatoms. The van der Waals surface area contributed by atoms with Gasteiger partial charge >= 0.3 is 17.9 Å². The minimum absolute atomic E-state index is 0.00665. The van der Waals surface area contributed by atoms with E-state index in [0.717, 1.165) is 9.80 Å². The van der Waals surface area contributed by atoms with Crippen molar-refractivity contribution in [3.63, 3.8) is 0 Å². The van der Waals surface area contributed by atoms with Crippen LogP contribution < -0.4 is 0 Å². The first-order valence-electron chi connectivity index (χ1n) is 12.1. The maximum absolute atomic E-state index is 12.4. The number of nitrogens with zero attached hydrogens (tertiary/aromatic N) is 5. The molecule has 0 radical (unpaired) electrons. The Labute approximate surface area is 226 Å². The van der Waals surface area contributed by atoms with E-state index in [1.807, 2.05) is 0 Å². The molecule has 2 atom stereocenters. The van der Waals surface area contributed by atoms with Crippen LogP contribution in [0.4, 0.5) is 0 Å². The molecule has 0 saturated heterocycles. The van der Waals surface area contributed by atoms with E-state index in [1.54, 1.807) is 0 Å². The summed E-state index contributed by atoms with van der Waals surface area (Å²) < 4.78 is 0. The van der Waals surface area contributed by atoms with Crippen molar-refractivity contribution in [2.45, 2.75) is 12.2 Å². The molecule has 0 rings (SSSR count). The van der Waals surface area contributed by atoms with Crippen LogP contribution in [0.1, 0.15) is 0 Å². The standard InChI is InChI=1S/C22H41N5O12/c1-23(7-16(30)14-28)18(32)9-26(12-21(36)37)5-3-25(11-20(34)35)4-6-27(13-22(38)39)10-19(33)24(2)8-17(31)15-29/h16-17,28-31H,3-15H2,1-2H3,(H,34,35)(H,36,37)(H,38,39). The lowest BCUT2D eigenvalue weighted by atomic mass is 10.3. The highest BCUT2D eigenvalue weighted by Gasteiger charge is 2.22. The number of likely N-dealkylation sites (N-methyl/N-ethyl adjacent to an activating group) is 2. The van der Waals surface area contributed by atoms with Crippen molar-refractivity contribution in [3.05, 3.63) is 0 Å². The SMILES string of the molecule is CN(CC(O)CO)C(=O)CN(CCN(CCN(CC(=O)O)CC(=O)N(C)CC(O)CO)CC(=O)O)CC(=O)O. The van der Waals surface area contributed by atoms with Crippen LogP contribution in [0.25, 0.3) is 0 Å². The number of carboxylic acid groups (broad SMARTS) is 3. The van der Waals surface area contributed by atoms with Gasteiger partial charge in [0.05, 0.1) is 58.1 Å². The van der Waals surface area contributed by atoms with Crippen molar-refractivity contribution in [1.82, 2.24) is 24.5 Å². The molecule has 226 valence electrons. The molecule has 0 aromatic carbocycles. The molecule has 0 aromatic rings. The monoisotopic (exact) mass is 567 g/mol. The second-order valence-electron chi connectivity index (χ2n) is 9.10. The molecule has 2 unspecified atom stereocenters. The minimum atomic E-state index is -1.23. The van der Waals surface area contributed by atoms with Crippen LogP contribution in [-0.4, -0.2) is 201 Å². The van der Waals surface area contributed by atoms with Crippen LogP contribution in [0.2, 0.25) is 0 Å². The molecule has 0 aliphatic carbocycles. The second kappa shape index (κ2) is 19.2. The lowest BCUT2D eigenvalue weighted by molar-refractivity contribution is -0.141. The zero-order chi connectivity index (χ0) is 30.1. The van der Waals surface area contributed by atoms with Crippen LogP contribution in [0.15, 0.2) is 0 Å². The smallest absolute Gasteiger partial charge is 0.317 e. The Bertz CT molecular complexity index is 745. The number of aliphatic carboxylic acids is 3. The highest BCUT2D eigenvalue weighted by Crippen LogP contribution is 2.00. The van der Waals surface area contributed by atoms with Gasteiger partial charge in [-0.3, -0.25) is 38.7 Å². The van der Waals surface area contributed by atoms with Gasteiger partial charge in [-0.1, -0.05) is 0 Å². The molecule has 0 saturated carbocycles. The summed E-state index contributed by atoms with van der Waals surface area (Å²) in [6, 6.07) is 0. The topological polar surface area (TPSA) is 243 Å². The largest absolute Gasteiger partial charge is 0.480 e. The van der Waals surface area contributed by atoms with E-state index < -0.39 is 74.8 Å². The van der Waals surface area contributed by atoms with Gasteiger partial charge in [0.15, 0.2) is 0 Å². The molecular formula is C22H41N5O12. The van der Waals surface area contributed by atoms with E-state index in [1.165, 1.54) is 28.8 Å². The summed E-state index contributed by atoms with van der Waals surface area (Å²) in [6.07, 6.45) is -2.34. The predicted octanol–water partition coefficient (Wildman–Crippen LogP) is -5.23. The van der Waals surface area contributed by atoms with Gasteiger partial charge in [-0.2, -0.15) is 0 Å². The molecular weight excluding hydrogens is 526 g/mol. The maximum Gasteiger partial charge on any atom is 0.317 e. The number of carboxylic acids is 3. The van der Waals surface area contributed by atoms with E-state index in [0.29, 0.717) is 0 Å². The fourth-order valence-corrected chi connectivity index (χ4v) is 3.41. The van der Waals surface area contributed by atoms with Crippen LogP contribution in [-0.2, 0) is 24.0 Å². The number of carbonyl (C=O) groups excluding carboxylic acids is 2. The molecule has 0 aliphatic heterocycles. The first-order chi connectivity index (χ1) is 18.2. The number of rotatable bonds is 22. The quantitative estimate of drug-likeness (QED) is 0.0646. The van der Waals surface area contributed by atoms with Gasteiger partial charge in [0.1, 0.15) is 0 Å². The predicted molar refractivity (Wildman–Crippen MR) is 134 cm³/mol. The van der Waals surface area contributed by atoms with Gasteiger partial charge in [-0.25, -0.2) is 0 Å². The molecule has 0 fully saturated rings. The van der Waals surface area contributed by atoms with Gasteiger partial charge in [-0.05, 0) is 0 Å². The zero-order valence-corrected chi connectivity index (χ0v) is 22.3. The average Bonchev–Trinajstić information content (AvgIpc) is 2.83. The molecule has 2 amide bonds. The highest BCUT2D eigenvalue weighted by atomic mass is 16.4. The third-order valence-electron chi connectivity index (χ3n) is 5.50. The van der Waals surface area contributed by atoms with Crippen molar-refractivity contribution in [1.29, 1.82) is 0 Å². The Morgan fingerprint density at radius 2 is 0.821 bits per heavy atom. The van der Waals surface area contributed by atoms with Gasteiger partial charge in [0.2, 0.25) is 11.8 Å². The average molecular weight is 568 g/mol. The van der Waals surface area contributed by atoms with E-state index in [4.69, 9.17) is 10.2 Å². The number of hydrogen-bond donors (Lipinski definition) is 7. The van der Waals surface area contributed by atoms with Crippen molar-refractivity contribution >= 4 is 29.7 Å². The van der Waals surface area contributed by atoms with Crippen LogP contribution in [0, 0.1) is 0 Å². The fourth-order valence-electron chi connectivity index (χ4n) is 3.41. The van der Waals surface area contributed by atoms with Crippen molar-refractivity contribution in [2.24, 2.45) is 0 Å². The van der Waals surface area contributed by atoms with Gasteiger partial charge in [0.25, 0.3) is 0 Å². The molecule has 0 bridgehead atoms. The third-order valence-corrected chi connectivity index (χ3v) is 5.50. The Morgan fingerprint density at radius 3 is 1.10 bits per heavy atom. The van der Waals surface area contributed by atoms with Crippen LogP contribution in [0.3, 0.4) is 0 Å². The molecule has 0 aliphatic rings. The number of amides is 2. The Balaban J connectivity index is 5.30. The van der Waals surface area contributed by atoms with Gasteiger partial charge < -0.3 is 45.5 Å². The fraction of sp³-hybridized carbons (Fsp3) is 0.773. The Morgan fingerprint density at radius 1 is 0.538 bits per heavy atom. The molecule has 17 nitrogen and oxygen atoms in total. The normalized spacial score (nSPS) is 12.9. The van der Waals surface area contributed by atoms with E-state index >= 15 is 0 Å². The molecule has 0 spiro atoms. The van der Waals surface area contributed by atoms with Crippen LogP contribution in [0.5, 0.6) is 0 Å². The van der Waals surface area contributed by atoms with E-state index in [-0.39, 0.29) is 52.4 Å².